The van der Waals surface area contributed by atoms with E-state index < -0.39 is 0 Å². The largest absolute Gasteiger partial charge is 0.338 e. The predicted octanol–water partition coefficient (Wildman–Crippen LogP) is 2.14. The number of hydrogen-bond acceptors (Lipinski definition) is 5. The smallest absolute Gasteiger partial charge is 0.240 e. The molecule has 5 heteroatoms. The fraction of sp³-hybridized carbons (Fsp3) is 0.800. The minimum absolute atomic E-state index is 0.466. The number of hydrogen-bond donors (Lipinski definition) is 1. The van der Waals surface area contributed by atoms with Crippen LogP contribution in [0.2, 0.25) is 0 Å². The Morgan fingerprint density at radius 2 is 2.53 bits per heavy atom. The molecule has 15 heavy (non-hydrogen) atoms. The summed E-state index contributed by atoms with van der Waals surface area (Å²) in [7, 11) is 0. The van der Waals surface area contributed by atoms with Crippen molar-refractivity contribution in [3.8, 4) is 0 Å². The summed E-state index contributed by atoms with van der Waals surface area (Å²) in [5, 5.41) is 7.75. The molecule has 1 N–H and O–H groups in total. The number of nitrogens with one attached hydrogen (secondary N) is 1. The zero-order valence-corrected chi connectivity index (χ0v) is 9.85. The molecule has 2 rings (SSSR count). The molecule has 4 nitrogen and oxygen atoms in total. The van der Waals surface area contributed by atoms with Crippen LogP contribution in [0.5, 0.6) is 0 Å². The van der Waals surface area contributed by atoms with Gasteiger partial charge in [-0.2, -0.15) is 16.7 Å². The highest BCUT2D eigenvalue weighted by molar-refractivity contribution is 7.99. The Balaban J connectivity index is 1.86. The summed E-state index contributed by atoms with van der Waals surface area (Å²) in [6, 6.07) is 0. The van der Waals surface area contributed by atoms with Crippen LogP contribution in [-0.4, -0.2) is 22.4 Å². The monoisotopic (exact) mass is 227 g/mol. The Kier molecular flexibility index (Phi) is 4.02. The van der Waals surface area contributed by atoms with E-state index in [2.05, 4.69) is 22.4 Å². The topological polar surface area (TPSA) is 51.0 Å². The summed E-state index contributed by atoms with van der Waals surface area (Å²) in [5.74, 6) is 2.82. The predicted molar refractivity (Wildman–Crippen MR) is 60.7 cm³/mol. The van der Waals surface area contributed by atoms with E-state index in [-0.39, 0.29) is 0 Å². The van der Waals surface area contributed by atoms with Gasteiger partial charge in [-0.05, 0) is 31.6 Å². The lowest BCUT2D eigenvalue weighted by Crippen LogP contribution is -2.14. The minimum atomic E-state index is 0.466. The fourth-order valence-corrected chi connectivity index (χ4v) is 2.82. The third-order valence-corrected chi connectivity index (χ3v) is 3.78. The number of rotatable bonds is 5. The molecule has 0 amide bonds. The van der Waals surface area contributed by atoms with Crippen molar-refractivity contribution in [2.45, 2.75) is 38.0 Å². The van der Waals surface area contributed by atoms with E-state index in [1.165, 1.54) is 18.6 Å². The van der Waals surface area contributed by atoms with Crippen LogP contribution >= 0.6 is 11.8 Å². The number of aromatic nitrogens is 2. The highest BCUT2D eigenvalue weighted by Crippen LogP contribution is 2.38. The summed E-state index contributed by atoms with van der Waals surface area (Å²) in [6.07, 6.45) is 3.58. The van der Waals surface area contributed by atoms with Gasteiger partial charge in [0, 0.05) is 0 Å². The van der Waals surface area contributed by atoms with Gasteiger partial charge in [-0.25, -0.2) is 0 Å². The molecule has 1 aliphatic rings. The van der Waals surface area contributed by atoms with Crippen molar-refractivity contribution in [2.75, 3.05) is 12.3 Å². The number of thioether (sulfide) groups is 1. The van der Waals surface area contributed by atoms with Gasteiger partial charge in [0.1, 0.15) is 0 Å². The molecule has 2 heterocycles. The first-order chi connectivity index (χ1) is 7.40. The van der Waals surface area contributed by atoms with Crippen molar-refractivity contribution in [1.82, 2.24) is 15.5 Å². The molecule has 1 atom stereocenters. The molecule has 0 radical (unpaired) electrons. The average Bonchev–Trinajstić information content (AvgIpc) is 2.87. The summed E-state index contributed by atoms with van der Waals surface area (Å²) in [6.45, 7) is 3.83. The van der Waals surface area contributed by atoms with Gasteiger partial charge in [0.15, 0.2) is 5.82 Å². The SMILES string of the molecule is CCCNCc1nc(C2CCCS2)no1. The van der Waals surface area contributed by atoms with Crippen LogP contribution < -0.4 is 5.32 Å². The van der Waals surface area contributed by atoms with E-state index in [0.717, 1.165) is 18.8 Å². The Bertz CT molecular complexity index is 297. The molecule has 0 aliphatic carbocycles. The highest BCUT2D eigenvalue weighted by Gasteiger charge is 2.22. The maximum Gasteiger partial charge on any atom is 0.240 e. The molecule has 1 aromatic rings. The Hall–Kier alpha value is -0.550. The fourth-order valence-electron chi connectivity index (χ4n) is 1.62. The van der Waals surface area contributed by atoms with Crippen molar-refractivity contribution in [2.24, 2.45) is 0 Å². The van der Waals surface area contributed by atoms with Gasteiger partial charge in [-0.1, -0.05) is 12.1 Å². The molecular formula is C10H17N3OS. The van der Waals surface area contributed by atoms with Gasteiger partial charge in [0.25, 0.3) is 0 Å². The molecule has 1 saturated heterocycles. The zero-order valence-electron chi connectivity index (χ0n) is 9.03. The van der Waals surface area contributed by atoms with Gasteiger partial charge >= 0.3 is 0 Å². The minimum Gasteiger partial charge on any atom is -0.338 e. The van der Waals surface area contributed by atoms with E-state index in [1.807, 2.05) is 11.8 Å². The average molecular weight is 227 g/mol. The molecule has 0 saturated carbocycles. The normalized spacial score (nSPS) is 21.0. The van der Waals surface area contributed by atoms with Gasteiger partial charge in [-0.15, -0.1) is 0 Å². The summed E-state index contributed by atoms with van der Waals surface area (Å²) in [5.41, 5.74) is 0. The van der Waals surface area contributed by atoms with Crippen molar-refractivity contribution in [3.63, 3.8) is 0 Å². The van der Waals surface area contributed by atoms with E-state index in [9.17, 15) is 0 Å². The Morgan fingerprint density at radius 1 is 1.60 bits per heavy atom. The standard InChI is InChI=1S/C10H17N3OS/c1-2-5-11-7-9-12-10(13-14-9)8-4-3-6-15-8/h8,11H,2-7H2,1H3. The quantitative estimate of drug-likeness (QED) is 0.781. The molecule has 1 unspecified atom stereocenters. The first-order valence-electron chi connectivity index (χ1n) is 5.55. The van der Waals surface area contributed by atoms with Gasteiger partial charge in [-0.3, -0.25) is 0 Å². The van der Waals surface area contributed by atoms with Crippen LogP contribution in [0.3, 0.4) is 0 Å². The summed E-state index contributed by atoms with van der Waals surface area (Å²) < 4.78 is 5.19. The second kappa shape index (κ2) is 5.51. The van der Waals surface area contributed by atoms with E-state index in [1.54, 1.807) is 0 Å². The van der Waals surface area contributed by atoms with Crippen LogP contribution in [0.15, 0.2) is 4.52 Å². The Labute approximate surface area is 94.2 Å². The first kappa shape index (κ1) is 11.0. The second-order valence-corrected chi connectivity index (χ2v) is 5.04. The highest BCUT2D eigenvalue weighted by atomic mass is 32.2. The van der Waals surface area contributed by atoms with Gasteiger partial charge in [0.05, 0.1) is 11.8 Å². The third-order valence-electron chi connectivity index (χ3n) is 2.40. The van der Waals surface area contributed by atoms with Crippen LogP contribution in [0.4, 0.5) is 0 Å². The van der Waals surface area contributed by atoms with Crippen LogP contribution in [0.25, 0.3) is 0 Å². The summed E-state index contributed by atoms with van der Waals surface area (Å²) >= 11 is 1.93. The van der Waals surface area contributed by atoms with Crippen molar-refractivity contribution < 1.29 is 4.52 Å². The molecule has 0 spiro atoms. The second-order valence-electron chi connectivity index (χ2n) is 3.72. The van der Waals surface area contributed by atoms with E-state index >= 15 is 0 Å². The van der Waals surface area contributed by atoms with Gasteiger partial charge in [0.2, 0.25) is 5.89 Å². The van der Waals surface area contributed by atoms with Crippen molar-refractivity contribution in [3.05, 3.63) is 11.7 Å². The lowest BCUT2D eigenvalue weighted by molar-refractivity contribution is 0.362. The van der Waals surface area contributed by atoms with Crippen LogP contribution in [-0.2, 0) is 6.54 Å². The van der Waals surface area contributed by atoms with Gasteiger partial charge < -0.3 is 9.84 Å². The maximum atomic E-state index is 5.19. The molecule has 84 valence electrons. The van der Waals surface area contributed by atoms with E-state index in [4.69, 9.17) is 4.52 Å². The zero-order chi connectivity index (χ0) is 10.5. The third kappa shape index (κ3) is 2.95. The lowest BCUT2D eigenvalue weighted by atomic mass is 10.2. The Morgan fingerprint density at radius 3 is 3.27 bits per heavy atom. The molecule has 1 aromatic heterocycles. The molecule has 1 aliphatic heterocycles. The van der Waals surface area contributed by atoms with E-state index in [0.29, 0.717) is 17.7 Å². The molecule has 0 bridgehead atoms. The lowest BCUT2D eigenvalue weighted by Gasteiger charge is -1.99. The molecule has 0 aromatic carbocycles. The molecular weight excluding hydrogens is 210 g/mol. The van der Waals surface area contributed by atoms with Crippen LogP contribution in [0, 0.1) is 0 Å². The van der Waals surface area contributed by atoms with Crippen molar-refractivity contribution in [1.29, 1.82) is 0 Å². The van der Waals surface area contributed by atoms with Crippen molar-refractivity contribution >= 4 is 11.8 Å². The summed E-state index contributed by atoms with van der Waals surface area (Å²) in [4.78, 5) is 4.40. The molecule has 1 fully saturated rings. The first-order valence-corrected chi connectivity index (χ1v) is 6.60. The van der Waals surface area contributed by atoms with Crippen LogP contribution in [0.1, 0.15) is 43.2 Å². The number of nitrogens with zero attached hydrogens (tertiary/aromatic N) is 2. The maximum absolute atomic E-state index is 5.19.